The van der Waals surface area contributed by atoms with Gasteiger partial charge < -0.3 is 10.1 Å². The summed E-state index contributed by atoms with van der Waals surface area (Å²) in [6.07, 6.45) is 7.39. The van der Waals surface area contributed by atoms with E-state index < -0.39 is 11.7 Å². The summed E-state index contributed by atoms with van der Waals surface area (Å²) < 4.78 is 8.13. The van der Waals surface area contributed by atoms with Crippen LogP contribution < -0.4 is 5.32 Å². The van der Waals surface area contributed by atoms with E-state index in [2.05, 4.69) is 39.9 Å². The van der Waals surface area contributed by atoms with Crippen molar-refractivity contribution in [3.8, 4) is 11.1 Å². The first-order valence-corrected chi connectivity index (χ1v) is 11.9. The van der Waals surface area contributed by atoms with Gasteiger partial charge in [-0.15, -0.1) is 23.1 Å². The molecular formula is C20H24N4O2S3. The Balaban J connectivity index is 1.67. The molecular weight excluding hydrogens is 424 g/mol. The number of rotatable bonds is 6. The van der Waals surface area contributed by atoms with Crippen LogP contribution in [0.4, 0.5) is 4.79 Å². The van der Waals surface area contributed by atoms with Crippen LogP contribution in [-0.4, -0.2) is 32.7 Å². The molecule has 0 saturated heterocycles. The number of benzene rings is 1. The maximum atomic E-state index is 11.8. The van der Waals surface area contributed by atoms with Crippen LogP contribution in [0.15, 0.2) is 50.8 Å². The molecule has 1 N–H and O–H groups in total. The summed E-state index contributed by atoms with van der Waals surface area (Å²) >= 11 is 4.95. The van der Waals surface area contributed by atoms with Crippen LogP contribution in [0.25, 0.3) is 11.1 Å². The lowest BCUT2D eigenvalue weighted by Crippen LogP contribution is -2.32. The van der Waals surface area contributed by atoms with E-state index in [9.17, 15) is 4.79 Å². The lowest BCUT2D eigenvalue weighted by molar-refractivity contribution is 0.0523. The fourth-order valence-corrected chi connectivity index (χ4v) is 5.12. The van der Waals surface area contributed by atoms with Gasteiger partial charge in [-0.05, 0) is 50.8 Å². The van der Waals surface area contributed by atoms with Gasteiger partial charge >= 0.3 is 6.09 Å². The molecule has 2 aromatic heterocycles. The van der Waals surface area contributed by atoms with E-state index in [1.165, 1.54) is 10.5 Å². The third kappa shape index (κ3) is 6.25. The van der Waals surface area contributed by atoms with Crippen LogP contribution in [0.2, 0.25) is 0 Å². The van der Waals surface area contributed by atoms with Gasteiger partial charge in [-0.1, -0.05) is 11.8 Å². The van der Waals surface area contributed by atoms with Crippen molar-refractivity contribution in [2.45, 2.75) is 46.9 Å². The zero-order chi connectivity index (χ0) is 21.0. The Morgan fingerprint density at radius 3 is 2.76 bits per heavy atom. The fourth-order valence-electron chi connectivity index (χ4n) is 2.54. The molecule has 0 unspecified atom stereocenters. The molecule has 2 heterocycles. The molecule has 29 heavy (non-hydrogen) atoms. The van der Waals surface area contributed by atoms with Crippen LogP contribution >= 0.6 is 34.9 Å². The zero-order valence-corrected chi connectivity index (χ0v) is 19.5. The highest BCUT2D eigenvalue weighted by Crippen LogP contribution is 2.37. The number of nitrogens with zero attached hydrogens (tertiary/aromatic N) is 3. The van der Waals surface area contributed by atoms with Crippen molar-refractivity contribution in [2.75, 3.05) is 6.26 Å². The second-order valence-electron chi connectivity index (χ2n) is 7.30. The third-order valence-corrected chi connectivity index (χ3v) is 6.60. The van der Waals surface area contributed by atoms with Crippen LogP contribution in [0.5, 0.6) is 0 Å². The molecule has 0 aliphatic rings. The molecule has 3 aromatic rings. The molecule has 0 aliphatic heterocycles. The summed E-state index contributed by atoms with van der Waals surface area (Å²) in [7, 11) is 1.92. The standard InChI is InChI=1S/C20H24N4O2S3/c1-20(2,3)26-19(25)22-10-17-21-11-18(29-17)28-14-6-7-16(27-5)15(8-14)13-9-23-24(4)12-13/h6-9,11-12H,10H2,1-5H3,(H,22,25). The largest absolute Gasteiger partial charge is 0.444 e. The molecule has 1 aromatic carbocycles. The highest BCUT2D eigenvalue weighted by atomic mass is 32.2. The van der Waals surface area contributed by atoms with Gasteiger partial charge in [0.1, 0.15) is 10.6 Å². The van der Waals surface area contributed by atoms with E-state index >= 15 is 0 Å². The van der Waals surface area contributed by atoms with Crippen LogP contribution in [-0.2, 0) is 18.3 Å². The summed E-state index contributed by atoms with van der Waals surface area (Å²) in [5, 5.41) is 7.88. The van der Waals surface area contributed by atoms with Crippen molar-refractivity contribution in [3.05, 3.63) is 41.8 Å². The Morgan fingerprint density at radius 2 is 2.10 bits per heavy atom. The van der Waals surface area contributed by atoms with Gasteiger partial charge in [0.05, 0.1) is 23.1 Å². The number of thioether (sulfide) groups is 1. The maximum Gasteiger partial charge on any atom is 0.408 e. The lowest BCUT2D eigenvalue weighted by atomic mass is 10.1. The van der Waals surface area contributed by atoms with Crippen molar-refractivity contribution >= 4 is 41.0 Å². The van der Waals surface area contributed by atoms with E-state index in [1.807, 2.05) is 51.1 Å². The first-order valence-electron chi connectivity index (χ1n) is 9.00. The minimum Gasteiger partial charge on any atom is -0.444 e. The summed E-state index contributed by atoms with van der Waals surface area (Å²) in [6, 6.07) is 6.45. The van der Waals surface area contributed by atoms with Gasteiger partial charge in [-0.2, -0.15) is 5.10 Å². The predicted octanol–water partition coefficient (Wildman–Crippen LogP) is 5.44. The second kappa shape index (κ2) is 9.23. The highest BCUT2D eigenvalue weighted by molar-refractivity contribution is 8.01. The summed E-state index contributed by atoms with van der Waals surface area (Å²) in [5.41, 5.74) is 1.76. The molecule has 0 spiro atoms. The van der Waals surface area contributed by atoms with Crippen molar-refractivity contribution in [1.82, 2.24) is 20.1 Å². The number of hydrogen-bond acceptors (Lipinski definition) is 7. The predicted molar refractivity (Wildman–Crippen MR) is 120 cm³/mol. The number of thiazole rings is 1. The second-order valence-corrected chi connectivity index (χ2v) is 10.6. The molecule has 154 valence electrons. The highest BCUT2D eigenvalue weighted by Gasteiger charge is 2.16. The Bertz CT molecular complexity index is 992. The Morgan fingerprint density at radius 1 is 1.31 bits per heavy atom. The summed E-state index contributed by atoms with van der Waals surface area (Å²) in [5.74, 6) is 0. The molecule has 9 heteroatoms. The normalized spacial score (nSPS) is 11.5. The summed E-state index contributed by atoms with van der Waals surface area (Å²) in [4.78, 5) is 18.6. The minimum absolute atomic E-state index is 0.354. The van der Waals surface area contributed by atoms with E-state index in [4.69, 9.17) is 4.74 Å². The monoisotopic (exact) mass is 448 g/mol. The van der Waals surface area contributed by atoms with Gasteiger partial charge in [0.2, 0.25) is 0 Å². The Kier molecular flexibility index (Phi) is 6.92. The number of amides is 1. The number of hydrogen-bond donors (Lipinski definition) is 1. The van der Waals surface area contributed by atoms with Gasteiger partial charge in [0.25, 0.3) is 0 Å². The fraction of sp³-hybridized carbons (Fsp3) is 0.350. The topological polar surface area (TPSA) is 69.0 Å². The molecule has 6 nitrogen and oxygen atoms in total. The smallest absolute Gasteiger partial charge is 0.408 e. The number of carbonyl (C=O) groups is 1. The molecule has 0 aliphatic carbocycles. The molecule has 0 fully saturated rings. The average Bonchev–Trinajstić information content (AvgIpc) is 3.27. The number of aromatic nitrogens is 3. The van der Waals surface area contributed by atoms with E-state index in [0.29, 0.717) is 6.54 Å². The quantitative estimate of drug-likeness (QED) is 0.506. The molecule has 0 atom stereocenters. The van der Waals surface area contributed by atoms with Gasteiger partial charge in [0.15, 0.2) is 0 Å². The first-order chi connectivity index (χ1) is 13.7. The van der Waals surface area contributed by atoms with Crippen LogP contribution in [0.1, 0.15) is 25.8 Å². The molecule has 3 rings (SSSR count). The Labute approximate surface area is 183 Å². The average molecular weight is 449 g/mol. The van der Waals surface area contributed by atoms with Crippen molar-refractivity contribution in [1.29, 1.82) is 0 Å². The number of ether oxygens (including phenoxy) is 1. The van der Waals surface area contributed by atoms with Crippen molar-refractivity contribution < 1.29 is 9.53 Å². The minimum atomic E-state index is -0.511. The van der Waals surface area contributed by atoms with E-state index in [0.717, 1.165) is 19.7 Å². The third-order valence-electron chi connectivity index (χ3n) is 3.72. The van der Waals surface area contributed by atoms with E-state index in [-0.39, 0.29) is 0 Å². The number of alkyl carbamates (subject to hydrolysis) is 1. The van der Waals surface area contributed by atoms with Crippen LogP contribution in [0, 0.1) is 0 Å². The molecule has 0 bridgehead atoms. The SMILES string of the molecule is CSc1ccc(Sc2cnc(CNC(=O)OC(C)(C)C)s2)cc1-c1cnn(C)c1. The Hall–Kier alpha value is -1.97. The van der Waals surface area contributed by atoms with Crippen LogP contribution in [0.3, 0.4) is 0 Å². The van der Waals surface area contributed by atoms with Gasteiger partial charge in [-0.25, -0.2) is 9.78 Å². The molecule has 0 radical (unpaired) electrons. The van der Waals surface area contributed by atoms with Crippen molar-refractivity contribution in [2.24, 2.45) is 7.05 Å². The first kappa shape index (κ1) is 21.7. The zero-order valence-electron chi connectivity index (χ0n) is 17.1. The lowest BCUT2D eigenvalue weighted by Gasteiger charge is -2.19. The number of aryl methyl sites for hydroxylation is 1. The summed E-state index contributed by atoms with van der Waals surface area (Å²) in [6.45, 7) is 5.87. The number of nitrogens with one attached hydrogen (secondary N) is 1. The van der Waals surface area contributed by atoms with E-state index in [1.54, 1.807) is 34.9 Å². The van der Waals surface area contributed by atoms with Gasteiger partial charge in [0, 0.05) is 28.6 Å². The molecule has 1 amide bonds. The van der Waals surface area contributed by atoms with Gasteiger partial charge in [-0.3, -0.25) is 4.68 Å². The maximum absolute atomic E-state index is 11.8. The van der Waals surface area contributed by atoms with Crippen molar-refractivity contribution in [3.63, 3.8) is 0 Å². The number of carbonyl (C=O) groups excluding carboxylic acids is 1. The molecule has 0 saturated carbocycles.